The van der Waals surface area contributed by atoms with Gasteiger partial charge in [-0.3, -0.25) is 15.0 Å². The summed E-state index contributed by atoms with van der Waals surface area (Å²) in [6.07, 6.45) is 7.71. The highest BCUT2D eigenvalue weighted by molar-refractivity contribution is 6.03. The molecule has 59 heavy (non-hydrogen) atoms. The first-order chi connectivity index (χ1) is 28.4. The second-order valence-electron chi connectivity index (χ2n) is 16.1. The van der Waals surface area contributed by atoms with Gasteiger partial charge in [-0.1, -0.05) is 36.2 Å². The number of nitro groups is 1. The zero-order valence-corrected chi connectivity index (χ0v) is 34.8. The van der Waals surface area contributed by atoms with Crippen molar-refractivity contribution in [2.24, 2.45) is 22.9 Å². The standard InChI is InChI=1S/C44H61N3O12/c1-6-23-56-44-39(46(42(51)55-7-2)19-24-54-25-22-50)29-37(45-59-43(3,4)5)35-26-30(13-8-10-20-48)34(16-9-11-21-49)40(41(35)44)36-28-33(17-18-38(36)58-44)57-32-15-12-14-31(27-32)47(52)53/h6,12,14-15,17-18,26-28,30,34,39-41,48-50H,1,7-11,13,16,19-25,29H2,2-5H3/t30-,34+,39-,40+,41+,44+/m0/s1. The number of allylic oxidation sites excluding steroid dienone is 1. The minimum atomic E-state index is -1.52. The van der Waals surface area contributed by atoms with Crippen molar-refractivity contribution >= 4 is 17.5 Å². The van der Waals surface area contributed by atoms with Gasteiger partial charge in [0.05, 0.1) is 55.7 Å². The van der Waals surface area contributed by atoms with Gasteiger partial charge < -0.3 is 43.8 Å². The number of carbonyl (C=O) groups is 1. The van der Waals surface area contributed by atoms with Crippen LogP contribution in [0.1, 0.15) is 84.1 Å². The maximum atomic E-state index is 14.1. The normalized spacial score (nSPS) is 23.9. The molecule has 2 aromatic rings. The first-order valence-corrected chi connectivity index (χ1v) is 20.7. The van der Waals surface area contributed by atoms with Gasteiger partial charge in [-0.2, -0.15) is 0 Å². The number of oxime groups is 1. The van der Waals surface area contributed by atoms with Gasteiger partial charge in [0.1, 0.15) is 28.9 Å². The molecule has 15 heteroatoms. The van der Waals surface area contributed by atoms with Crippen molar-refractivity contribution in [2.45, 2.75) is 96.0 Å². The van der Waals surface area contributed by atoms with Crippen LogP contribution in [0.4, 0.5) is 10.5 Å². The number of benzene rings is 2. The van der Waals surface area contributed by atoms with Crippen molar-refractivity contribution in [1.82, 2.24) is 4.90 Å². The van der Waals surface area contributed by atoms with Crippen molar-refractivity contribution in [3.8, 4) is 17.2 Å². The monoisotopic (exact) mass is 823 g/mol. The Balaban J connectivity index is 1.79. The molecule has 2 aliphatic carbocycles. The van der Waals surface area contributed by atoms with E-state index in [1.165, 1.54) is 12.1 Å². The second kappa shape index (κ2) is 21.1. The number of rotatable bonds is 22. The van der Waals surface area contributed by atoms with Crippen LogP contribution in [-0.2, 0) is 19.0 Å². The van der Waals surface area contributed by atoms with Gasteiger partial charge in [-0.25, -0.2) is 4.79 Å². The largest absolute Gasteiger partial charge is 0.459 e. The van der Waals surface area contributed by atoms with E-state index in [1.807, 2.05) is 32.9 Å². The Hall–Kier alpha value is -4.54. The van der Waals surface area contributed by atoms with E-state index in [1.54, 1.807) is 36.1 Å². The summed E-state index contributed by atoms with van der Waals surface area (Å²) in [7, 11) is 0. The van der Waals surface area contributed by atoms with Gasteiger partial charge in [0, 0.05) is 43.7 Å². The van der Waals surface area contributed by atoms with Crippen LogP contribution in [0.25, 0.3) is 0 Å². The number of amides is 1. The molecule has 0 bridgehead atoms. The number of hydrogen-bond acceptors (Lipinski definition) is 13. The molecule has 0 radical (unpaired) electrons. The first-order valence-electron chi connectivity index (χ1n) is 20.7. The fraction of sp³-hybridized carbons (Fsp3) is 0.591. The Bertz CT molecular complexity index is 1790. The summed E-state index contributed by atoms with van der Waals surface area (Å²) in [5, 5.41) is 45.6. The Morgan fingerprint density at radius 1 is 1.05 bits per heavy atom. The highest BCUT2D eigenvalue weighted by atomic mass is 16.7. The van der Waals surface area contributed by atoms with Crippen LogP contribution in [0.15, 0.2) is 71.9 Å². The number of nitro benzene ring substituents is 1. The molecule has 3 N–H and O–H groups in total. The molecule has 1 heterocycles. The molecular weight excluding hydrogens is 762 g/mol. The highest BCUT2D eigenvalue weighted by Crippen LogP contribution is 2.62. The predicted octanol–water partition coefficient (Wildman–Crippen LogP) is 7.29. The average Bonchev–Trinajstić information content (AvgIpc) is 3.20. The molecule has 15 nitrogen and oxygen atoms in total. The third-order valence-corrected chi connectivity index (χ3v) is 10.9. The lowest BCUT2D eigenvalue weighted by molar-refractivity contribution is -0.384. The number of aliphatic hydroxyl groups is 3. The minimum absolute atomic E-state index is 0.00493. The summed E-state index contributed by atoms with van der Waals surface area (Å²) in [6.45, 7) is 11.8. The zero-order valence-electron chi connectivity index (χ0n) is 34.8. The lowest BCUT2D eigenvalue weighted by Gasteiger charge is -2.59. The summed E-state index contributed by atoms with van der Waals surface area (Å²) in [5.41, 5.74) is 1.57. The van der Waals surface area contributed by atoms with Crippen LogP contribution in [-0.4, -0.2) is 107 Å². The third-order valence-electron chi connectivity index (χ3n) is 10.9. The molecule has 1 saturated carbocycles. The summed E-state index contributed by atoms with van der Waals surface area (Å²) < 4.78 is 31.8. The van der Waals surface area contributed by atoms with E-state index < -0.39 is 34.4 Å². The summed E-state index contributed by atoms with van der Waals surface area (Å²) in [5.74, 6) is -1.20. The zero-order chi connectivity index (χ0) is 42.6. The average molecular weight is 824 g/mol. The minimum Gasteiger partial charge on any atom is -0.459 e. The molecule has 6 atom stereocenters. The molecule has 2 aromatic carbocycles. The van der Waals surface area contributed by atoms with E-state index in [9.17, 15) is 30.2 Å². The highest BCUT2D eigenvalue weighted by Gasteiger charge is 2.65. The predicted molar refractivity (Wildman–Crippen MR) is 221 cm³/mol. The second-order valence-corrected chi connectivity index (χ2v) is 16.1. The van der Waals surface area contributed by atoms with Gasteiger partial charge in [-0.15, -0.1) is 6.58 Å². The molecule has 0 spiro atoms. The SMILES string of the molecule is C=CCO[C@@]12Oc3ccc(Oc4cccc([N+](=O)[O-])c4)cc3[C@H]3[C@H](CCCCO)[C@@H](CCCCO)C=C(C(=NOC(C)(C)C)C[C@@H]1N(CCOCCO)C(=O)OCC)[C@H]32. The molecule has 0 unspecified atom stereocenters. The summed E-state index contributed by atoms with van der Waals surface area (Å²) >= 11 is 0. The molecule has 324 valence electrons. The van der Waals surface area contributed by atoms with Gasteiger partial charge >= 0.3 is 6.09 Å². The fourth-order valence-electron chi connectivity index (χ4n) is 8.61. The van der Waals surface area contributed by atoms with Crippen molar-refractivity contribution in [3.63, 3.8) is 0 Å². The van der Waals surface area contributed by atoms with E-state index in [2.05, 4.69) is 12.7 Å². The number of unbranched alkanes of at least 4 members (excludes halogenated alkanes) is 2. The number of non-ortho nitro benzene ring substituents is 1. The van der Waals surface area contributed by atoms with Gasteiger partial charge in [0.25, 0.3) is 5.69 Å². The molecule has 1 aliphatic heterocycles. The molecular formula is C44H61N3O12. The maximum absolute atomic E-state index is 14.1. The number of carbonyl (C=O) groups excluding carboxylic acids is 1. The van der Waals surface area contributed by atoms with Crippen LogP contribution in [0.5, 0.6) is 17.2 Å². The number of nitrogens with zero attached hydrogens (tertiary/aromatic N) is 3. The van der Waals surface area contributed by atoms with Crippen molar-refractivity contribution < 1.29 is 53.6 Å². The van der Waals surface area contributed by atoms with Crippen LogP contribution in [0.2, 0.25) is 0 Å². The topological polar surface area (TPSA) is 192 Å². The van der Waals surface area contributed by atoms with Gasteiger partial charge in [0.15, 0.2) is 0 Å². The molecule has 3 aliphatic rings. The molecule has 0 aromatic heterocycles. The third kappa shape index (κ3) is 11.0. The first kappa shape index (κ1) is 45.5. The van der Waals surface area contributed by atoms with Crippen molar-refractivity contribution in [1.29, 1.82) is 0 Å². The van der Waals surface area contributed by atoms with Crippen LogP contribution < -0.4 is 9.47 Å². The summed E-state index contributed by atoms with van der Waals surface area (Å²) in [4.78, 5) is 33.0. The fourth-order valence-corrected chi connectivity index (χ4v) is 8.61. The Morgan fingerprint density at radius 3 is 2.47 bits per heavy atom. The van der Waals surface area contributed by atoms with Crippen molar-refractivity contribution in [3.05, 3.63) is 82.4 Å². The molecule has 1 amide bonds. The Kier molecular flexibility index (Phi) is 16.3. The molecule has 0 saturated heterocycles. The van der Waals surface area contributed by atoms with Crippen LogP contribution >= 0.6 is 0 Å². The molecule has 5 rings (SSSR count). The number of fused-ring (bicyclic) bond motifs is 2. The number of hydrogen-bond donors (Lipinski definition) is 3. The van der Waals surface area contributed by atoms with E-state index in [4.69, 9.17) is 33.7 Å². The van der Waals surface area contributed by atoms with E-state index >= 15 is 0 Å². The van der Waals surface area contributed by atoms with Crippen LogP contribution in [0.3, 0.4) is 0 Å². The van der Waals surface area contributed by atoms with E-state index in [0.717, 1.165) is 36.8 Å². The smallest absolute Gasteiger partial charge is 0.410 e. The molecule has 1 fully saturated rings. The van der Waals surface area contributed by atoms with Gasteiger partial charge in [-0.05, 0) is 95.1 Å². The van der Waals surface area contributed by atoms with E-state index in [0.29, 0.717) is 35.8 Å². The van der Waals surface area contributed by atoms with E-state index in [-0.39, 0.29) is 82.7 Å². The van der Waals surface area contributed by atoms with Crippen molar-refractivity contribution in [2.75, 3.05) is 52.8 Å². The lowest BCUT2D eigenvalue weighted by atomic mass is 9.55. The Labute approximate surface area is 346 Å². The lowest BCUT2D eigenvalue weighted by Crippen LogP contribution is -2.70. The Morgan fingerprint density at radius 2 is 1.80 bits per heavy atom. The number of ether oxygens (including phenoxy) is 5. The van der Waals surface area contributed by atoms with Crippen LogP contribution in [0, 0.1) is 27.9 Å². The maximum Gasteiger partial charge on any atom is 0.410 e. The number of aliphatic hydroxyl groups excluding tert-OH is 3. The quantitative estimate of drug-likeness (QED) is 0.0466. The van der Waals surface area contributed by atoms with Gasteiger partial charge in [0.2, 0.25) is 5.79 Å². The summed E-state index contributed by atoms with van der Waals surface area (Å²) in [6, 6.07) is 10.6.